The van der Waals surface area contributed by atoms with Crippen LogP contribution in [0.15, 0.2) is 42.5 Å². The largest absolute Gasteiger partial charge is 0.497 e. The first kappa shape index (κ1) is 22.5. The standard InChI is InChI=1S/C25H29NO5/c1-17(25(29)26-15-14-18-6-10-22(30-2)11-7-18)31-24(28)13-12-23(27)21-9-8-19-4-3-5-20(19)16-21/h6-11,16-17H,3-5,12-15H2,1-2H3,(H,26,29)/t17-/m0/s1. The third-order valence-electron chi connectivity index (χ3n) is 5.53. The topological polar surface area (TPSA) is 81.7 Å². The summed E-state index contributed by atoms with van der Waals surface area (Å²) in [6, 6.07) is 13.4. The van der Waals surface area contributed by atoms with Gasteiger partial charge in [-0.1, -0.05) is 24.3 Å². The molecule has 164 valence electrons. The molecule has 0 unspecified atom stereocenters. The van der Waals surface area contributed by atoms with Gasteiger partial charge in [0.15, 0.2) is 11.9 Å². The van der Waals surface area contributed by atoms with Gasteiger partial charge in [0.2, 0.25) is 0 Å². The van der Waals surface area contributed by atoms with E-state index >= 15 is 0 Å². The van der Waals surface area contributed by atoms with Gasteiger partial charge >= 0.3 is 5.97 Å². The Morgan fingerprint density at radius 3 is 2.48 bits per heavy atom. The third-order valence-corrected chi connectivity index (χ3v) is 5.53. The van der Waals surface area contributed by atoms with Crippen molar-refractivity contribution in [2.75, 3.05) is 13.7 Å². The molecule has 6 heteroatoms. The number of aryl methyl sites for hydroxylation is 2. The van der Waals surface area contributed by atoms with E-state index in [4.69, 9.17) is 9.47 Å². The number of hydrogen-bond donors (Lipinski definition) is 1. The van der Waals surface area contributed by atoms with Crippen molar-refractivity contribution in [2.45, 2.75) is 51.6 Å². The minimum absolute atomic E-state index is 0.0423. The Labute approximate surface area is 182 Å². The predicted molar refractivity (Wildman–Crippen MR) is 117 cm³/mol. The molecule has 2 aromatic rings. The first-order valence-corrected chi connectivity index (χ1v) is 10.7. The Morgan fingerprint density at radius 2 is 1.74 bits per heavy atom. The molecule has 3 rings (SSSR count). The lowest BCUT2D eigenvalue weighted by Gasteiger charge is -2.13. The van der Waals surface area contributed by atoms with Crippen LogP contribution < -0.4 is 10.1 Å². The summed E-state index contributed by atoms with van der Waals surface area (Å²) in [5.41, 5.74) is 4.24. The van der Waals surface area contributed by atoms with Gasteiger partial charge in [-0.25, -0.2) is 0 Å². The molecule has 1 aliphatic carbocycles. The number of methoxy groups -OCH3 is 1. The van der Waals surface area contributed by atoms with Crippen LogP contribution in [0.25, 0.3) is 0 Å². The number of ether oxygens (including phenoxy) is 2. The highest BCUT2D eigenvalue weighted by molar-refractivity contribution is 5.98. The fraction of sp³-hybridized carbons (Fsp3) is 0.400. The minimum atomic E-state index is -0.904. The third kappa shape index (κ3) is 6.41. The lowest BCUT2D eigenvalue weighted by atomic mass is 10.0. The number of nitrogens with one attached hydrogen (secondary N) is 1. The van der Waals surface area contributed by atoms with Gasteiger partial charge in [-0.3, -0.25) is 14.4 Å². The Hall–Kier alpha value is -3.15. The summed E-state index contributed by atoms with van der Waals surface area (Å²) >= 11 is 0. The highest BCUT2D eigenvalue weighted by atomic mass is 16.5. The second-order valence-electron chi connectivity index (χ2n) is 7.78. The Balaban J connectivity index is 1.37. The van der Waals surface area contributed by atoms with Crippen LogP contribution in [0.1, 0.15) is 53.2 Å². The van der Waals surface area contributed by atoms with Crippen LogP contribution in [-0.2, 0) is 33.6 Å². The molecule has 1 N–H and O–H groups in total. The average molecular weight is 424 g/mol. The molecule has 0 bridgehead atoms. The lowest BCUT2D eigenvalue weighted by molar-refractivity contribution is -0.154. The minimum Gasteiger partial charge on any atom is -0.497 e. The second-order valence-corrected chi connectivity index (χ2v) is 7.78. The van der Waals surface area contributed by atoms with Crippen molar-refractivity contribution in [3.8, 4) is 5.75 Å². The number of carbonyl (C=O) groups is 3. The number of Topliss-reactive ketones (excluding diaryl/α,β-unsaturated/α-hetero) is 1. The van der Waals surface area contributed by atoms with Crippen molar-refractivity contribution in [3.63, 3.8) is 0 Å². The number of carbonyl (C=O) groups excluding carboxylic acids is 3. The number of fused-ring (bicyclic) bond motifs is 1. The first-order chi connectivity index (χ1) is 15.0. The SMILES string of the molecule is COc1ccc(CCNC(=O)[C@H](C)OC(=O)CCC(=O)c2ccc3c(c2)CCC3)cc1. The monoisotopic (exact) mass is 423 g/mol. The van der Waals surface area contributed by atoms with E-state index in [0.29, 0.717) is 18.5 Å². The molecular formula is C25H29NO5. The van der Waals surface area contributed by atoms with E-state index in [1.165, 1.54) is 18.1 Å². The van der Waals surface area contributed by atoms with Crippen molar-refractivity contribution in [1.29, 1.82) is 0 Å². The fourth-order valence-electron chi connectivity index (χ4n) is 3.68. The molecule has 2 aromatic carbocycles. The Kier molecular flexibility index (Phi) is 7.82. The second kappa shape index (κ2) is 10.8. The van der Waals surface area contributed by atoms with Crippen LogP contribution in [0.5, 0.6) is 5.75 Å². The summed E-state index contributed by atoms with van der Waals surface area (Å²) in [6.07, 6.45) is 2.98. The van der Waals surface area contributed by atoms with Crippen LogP contribution in [0, 0.1) is 0 Å². The van der Waals surface area contributed by atoms with Gasteiger partial charge in [-0.05, 0) is 67.5 Å². The number of benzene rings is 2. The zero-order valence-corrected chi connectivity index (χ0v) is 18.1. The van der Waals surface area contributed by atoms with E-state index in [1.807, 2.05) is 42.5 Å². The van der Waals surface area contributed by atoms with Crippen LogP contribution in [0.3, 0.4) is 0 Å². The number of amides is 1. The van der Waals surface area contributed by atoms with Crippen molar-refractivity contribution in [3.05, 3.63) is 64.7 Å². The van der Waals surface area contributed by atoms with Gasteiger partial charge in [0.25, 0.3) is 5.91 Å². The quantitative estimate of drug-likeness (QED) is 0.468. The van der Waals surface area contributed by atoms with Gasteiger partial charge in [0.1, 0.15) is 5.75 Å². The van der Waals surface area contributed by atoms with Crippen molar-refractivity contribution in [1.82, 2.24) is 5.32 Å². The zero-order valence-electron chi connectivity index (χ0n) is 18.1. The number of ketones is 1. The van der Waals surface area contributed by atoms with Crippen molar-refractivity contribution < 1.29 is 23.9 Å². The van der Waals surface area contributed by atoms with Gasteiger partial charge < -0.3 is 14.8 Å². The molecule has 1 aliphatic rings. The summed E-state index contributed by atoms with van der Waals surface area (Å²) < 4.78 is 10.3. The maximum atomic E-state index is 12.4. The molecule has 6 nitrogen and oxygen atoms in total. The fourth-order valence-corrected chi connectivity index (χ4v) is 3.68. The Morgan fingerprint density at radius 1 is 1.00 bits per heavy atom. The molecule has 0 aliphatic heterocycles. The molecule has 1 atom stereocenters. The molecule has 0 saturated heterocycles. The van der Waals surface area contributed by atoms with Gasteiger partial charge in [0, 0.05) is 18.5 Å². The first-order valence-electron chi connectivity index (χ1n) is 10.7. The van der Waals surface area contributed by atoms with Crippen molar-refractivity contribution in [2.24, 2.45) is 0 Å². The predicted octanol–water partition coefficient (Wildman–Crippen LogP) is 3.44. The van der Waals surface area contributed by atoms with Crippen LogP contribution in [0.2, 0.25) is 0 Å². The summed E-state index contributed by atoms with van der Waals surface area (Å²) in [7, 11) is 1.61. The van der Waals surface area contributed by atoms with Gasteiger partial charge in [0.05, 0.1) is 13.5 Å². The molecule has 31 heavy (non-hydrogen) atoms. The number of rotatable bonds is 10. The molecular weight excluding hydrogens is 394 g/mol. The molecule has 0 radical (unpaired) electrons. The van der Waals surface area contributed by atoms with E-state index in [2.05, 4.69) is 5.32 Å². The van der Waals surface area contributed by atoms with Crippen LogP contribution in [0.4, 0.5) is 0 Å². The van der Waals surface area contributed by atoms with Gasteiger partial charge in [-0.15, -0.1) is 0 Å². The van der Waals surface area contributed by atoms with E-state index in [0.717, 1.165) is 30.6 Å². The van der Waals surface area contributed by atoms with E-state index in [9.17, 15) is 14.4 Å². The molecule has 0 spiro atoms. The van der Waals surface area contributed by atoms with E-state index in [1.54, 1.807) is 7.11 Å². The molecule has 0 heterocycles. The van der Waals surface area contributed by atoms with E-state index < -0.39 is 12.1 Å². The highest BCUT2D eigenvalue weighted by Crippen LogP contribution is 2.23. The lowest BCUT2D eigenvalue weighted by Crippen LogP contribution is -2.36. The smallest absolute Gasteiger partial charge is 0.307 e. The molecule has 0 fully saturated rings. The zero-order chi connectivity index (χ0) is 22.2. The molecule has 1 amide bonds. The summed E-state index contributed by atoms with van der Waals surface area (Å²) in [5.74, 6) is -0.203. The van der Waals surface area contributed by atoms with Crippen LogP contribution >= 0.6 is 0 Å². The van der Waals surface area contributed by atoms with Gasteiger partial charge in [-0.2, -0.15) is 0 Å². The average Bonchev–Trinajstić information content (AvgIpc) is 3.25. The highest BCUT2D eigenvalue weighted by Gasteiger charge is 2.19. The summed E-state index contributed by atoms with van der Waals surface area (Å²) in [5, 5.41) is 2.77. The maximum absolute atomic E-state index is 12.4. The normalized spacial score (nSPS) is 13.2. The Bertz CT molecular complexity index is 935. The number of esters is 1. The summed E-state index contributed by atoms with van der Waals surface area (Å²) in [4.78, 5) is 36.6. The van der Waals surface area contributed by atoms with E-state index in [-0.39, 0.29) is 24.5 Å². The maximum Gasteiger partial charge on any atom is 0.307 e. The molecule has 0 saturated carbocycles. The van der Waals surface area contributed by atoms with Crippen LogP contribution in [-0.4, -0.2) is 37.4 Å². The molecule has 0 aromatic heterocycles. The summed E-state index contributed by atoms with van der Waals surface area (Å²) in [6.45, 7) is 1.97. The number of hydrogen-bond acceptors (Lipinski definition) is 5. The van der Waals surface area contributed by atoms with Crippen molar-refractivity contribution >= 4 is 17.7 Å².